The molecule has 3 aromatic heterocycles. The van der Waals surface area contributed by atoms with Gasteiger partial charge in [-0.2, -0.15) is 5.10 Å². The standard InChI is InChI=1S/C26H25N3O5/c1-31-20-10-8-19(9-11-20)23-15-24(25-7-4-14-34-25)29(27-23)26(30)18-28(16-21-5-2-12-32-21)17-22-6-3-13-33-22/h2-14,24H,15-18H2,1H3. The molecule has 1 aliphatic heterocycles. The highest BCUT2D eigenvalue weighted by atomic mass is 16.5. The molecule has 0 N–H and O–H groups in total. The lowest BCUT2D eigenvalue weighted by Crippen LogP contribution is -2.37. The Bertz CT molecular complexity index is 1180. The summed E-state index contributed by atoms with van der Waals surface area (Å²) in [5, 5.41) is 6.26. The normalized spacial score (nSPS) is 15.6. The molecular formula is C26H25N3O5. The molecule has 1 aliphatic rings. The lowest BCUT2D eigenvalue weighted by atomic mass is 10.0. The molecule has 1 atom stereocenters. The lowest BCUT2D eigenvalue weighted by molar-refractivity contribution is -0.135. The molecule has 174 valence electrons. The van der Waals surface area contributed by atoms with Gasteiger partial charge in [0.25, 0.3) is 5.91 Å². The molecule has 0 saturated carbocycles. The molecule has 8 nitrogen and oxygen atoms in total. The van der Waals surface area contributed by atoms with Crippen LogP contribution in [0.2, 0.25) is 0 Å². The van der Waals surface area contributed by atoms with Crippen LogP contribution in [0.15, 0.2) is 97.8 Å². The second kappa shape index (κ2) is 9.84. The van der Waals surface area contributed by atoms with Crippen LogP contribution in [0, 0.1) is 0 Å². The van der Waals surface area contributed by atoms with E-state index in [4.69, 9.17) is 23.1 Å². The first-order valence-electron chi connectivity index (χ1n) is 11.0. The summed E-state index contributed by atoms with van der Waals surface area (Å²) in [4.78, 5) is 15.5. The van der Waals surface area contributed by atoms with Crippen LogP contribution in [-0.2, 0) is 17.9 Å². The van der Waals surface area contributed by atoms with Crippen molar-refractivity contribution in [2.24, 2.45) is 5.10 Å². The molecule has 5 rings (SSSR count). The highest BCUT2D eigenvalue weighted by Gasteiger charge is 2.35. The number of furan rings is 3. The summed E-state index contributed by atoms with van der Waals surface area (Å²) in [6.45, 7) is 1.07. The summed E-state index contributed by atoms with van der Waals surface area (Å²) < 4.78 is 22.0. The number of hydrazone groups is 1. The van der Waals surface area contributed by atoms with Crippen molar-refractivity contribution in [3.8, 4) is 5.75 Å². The van der Waals surface area contributed by atoms with Gasteiger partial charge in [-0.1, -0.05) is 0 Å². The topological polar surface area (TPSA) is 84.6 Å². The van der Waals surface area contributed by atoms with Crippen molar-refractivity contribution in [1.82, 2.24) is 9.91 Å². The Morgan fingerprint density at radius 1 is 0.971 bits per heavy atom. The highest BCUT2D eigenvalue weighted by Crippen LogP contribution is 2.33. The van der Waals surface area contributed by atoms with Crippen LogP contribution >= 0.6 is 0 Å². The lowest BCUT2D eigenvalue weighted by Gasteiger charge is -2.24. The van der Waals surface area contributed by atoms with E-state index >= 15 is 0 Å². The Balaban J connectivity index is 1.39. The monoisotopic (exact) mass is 459 g/mol. The summed E-state index contributed by atoms with van der Waals surface area (Å²) in [6, 6.07) is 18.5. The maximum Gasteiger partial charge on any atom is 0.257 e. The molecule has 0 spiro atoms. The Labute approximate surface area is 197 Å². The molecule has 0 saturated heterocycles. The van der Waals surface area contributed by atoms with Gasteiger partial charge in [0.15, 0.2) is 0 Å². The van der Waals surface area contributed by atoms with Crippen LogP contribution in [0.4, 0.5) is 0 Å². The maximum atomic E-state index is 13.5. The van der Waals surface area contributed by atoms with Crippen molar-refractivity contribution in [3.05, 3.63) is 102 Å². The molecule has 0 fully saturated rings. The van der Waals surface area contributed by atoms with Crippen molar-refractivity contribution in [2.75, 3.05) is 13.7 Å². The molecule has 4 aromatic rings. The minimum Gasteiger partial charge on any atom is -0.497 e. The molecule has 0 aliphatic carbocycles. The molecule has 1 unspecified atom stereocenters. The Morgan fingerprint density at radius 3 is 2.18 bits per heavy atom. The molecule has 1 amide bonds. The average molecular weight is 460 g/mol. The fourth-order valence-corrected chi connectivity index (χ4v) is 4.08. The predicted molar refractivity (Wildman–Crippen MR) is 124 cm³/mol. The molecule has 0 bridgehead atoms. The summed E-state index contributed by atoms with van der Waals surface area (Å²) in [5.74, 6) is 2.87. The quantitative estimate of drug-likeness (QED) is 0.356. The molecule has 1 aromatic carbocycles. The third kappa shape index (κ3) is 4.82. The van der Waals surface area contributed by atoms with E-state index in [1.165, 1.54) is 5.01 Å². The van der Waals surface area contributed by atoms with E-state index in [9.17, 15) is 4.79 Å². The fourth-order valence-electron chi connectivity index (χ4n) is 4.08. The van der Waals surface area contributed by atoms with Crippen molar-refractivity contribution in [1.29, 1.82) is 0 Å². The second-order valence-electron chi connectivity index (χ2n) is 8.05. The number of ether oxygens (including phenoxy) is 1. The smallest absolute Gasteiger partial charge is 0.257 e. The Kier molecular flexibility index (Phi) is 6.31. The van der Waals surface area contributed by atoms with Crippen LogP contribution in [0.5, 0.6) is 5.75 Å². The number of methoxy groups -OCH3 is 1. The van der Waals surface area contributed by atoms with Gasteiger partial charge < -0.3 is 18.0 Å². The van der Waals surface area contributed by atoms with Gasteiger partial charge in [-0.15, -0.1) is 0 Å². The van der Waals surface area contributed by atoms with E-state index in [0.29, 0.717) is 25.3 Å². The maximum absolute atomic E-state index is 13.5. The molecule has 0 radical (unpaired) electrons. The number of hydrogen-bond acceptors (Lipinski definition) is 7. The van der Waals surface area contributed by atoms with Gasteiger partial charge in [-0.3, -0.25) is 9.69 Å². The van der Waals surface area contributed by atoms with Crippen molar-refractivity contribution in [3.63, 3.8) is 0 Å². The second-order valence-corrected chi connectivity index (χ2v) is 8.05. The largest absolute Gasteiger partial charge is 0.497 e. The molecule has 34 heavy (non-hydrogen) atoms. The number of rotatable bonds is 9. The van der Waals surface area contributed by atoms with Gasteiger partial charge in [-0.05, 0) is 66.2 Å². The summed E-state index contributed by atoms with van der Waals surface area (Å²) in [7, 11) is 1.63. The number of amides is 1. The van der Waals surface area contributed by atoms with E-state index in [1.54, 1.807) is 25.9 Å². The minimum atomic E-state index is -0.311. The first-order valence-corrected chi connectivity index (χ1v) is 11.0. The van der Waals surface area contributed by atoms with E-state index < -0.39 is 0 Å². The summed E-state index contributed by atoms with van der Waals surface area (Å²) in [6.07, 6.45) is 5.42. The first-order chi connectivity index (χ1) is 16.7. The minimum absolute atomic E-state index is 0.136. The number of nitrogens with zero attached hydrogens (tertiary/aromatic N) is 3. The highest BCUT2D eigenvalue weighted by molar-refractivity contribution is 6.03. The Morgan fingerprint density at radius 2 is 1.62 bits per heavy atom. The summed E-state index contributed by atoms with van der Waals surface area (Å²) in [5.41, 5.74) is 1.76. The van der Waals surface area contributed by atoms with Gasteiger partial charge in [0.05, 0.1) is 51.2 Å². The van der Waals surface area contributed by atoms with Crippen LogP contribution in [0.25, 0.3) is 0 Å². The van der Waals surface area contributed by atoms with Crippen LogP contribution in [-0.4, -0.2) is 35.2 Å². The van der Waals surface area contributed by atoms with Gasteiger partial charge in [-0.25, -0.2) is 5.01 Å². The van der Waals surface area contributed by atoms with Gasteiger partial charge >= 0.3 is 0 Å². The average Bonchev–Trinajstić information content (AvgIpc) is 3.66. The van der Waals surface area contributed by atoms with Crippen LogP contribution in [0.3, 0.4) is 0 Å². The van der Waals surface area contributed by atoms with E-state index in [2.05, 4.69) is 0 Å². The number of hydrogen-bond donors (Lipinski definition) is 0. The fraction of sp³-hybridized carbons (Fsp3) is 0.231. The molecule has 8 heteroatoms. The van der Waals surface area contributed by atoms with Crippen LogP contribution < -0.4 is 4.74 Å². The third-order valence-electron chi connectivity index (χ3n) is 5.74. The van der Waals surface area contributed by atoms with E-state index in [0.717, 1.165) is 28.5 Å². The summed E-state index contributed by atoms with van der Waals surface area (Å²) >= 11 is 0. The first kappa shape index (κ1) is 21.8. The number of carbonyl (C=O) groups excluding carboxylic acids is 1. The Hall–Kier alpha value is -4.04. The SMILES string of the molecule is COc1ccc(C2=NN(C(=O)CN(Cc3ccco3)Cc3ccco3)C(c3ccco3)C2)cc1. The van der Waals surface area contributed by atoms with Gasteiger partial charge in [0.1, 0.15) is 29.1 Å². The zero-order chi connectivity index (χ0) is 23.3. The van der Waals surface area contributed by atoms with Crippen LogP contribution in [0.1, 0.15) is 35.3 Å². The van der Waals surface area contributed by atoms with Gasteiger partial charge in [0, 0.05) is 6.42 Å². The van der Waals surface area contributed by atoms with Crippen molar-refractivity contribution in [2.45, 2.75) is 25.6 Å². The van der Waals surface area contributed by atoms with Gasteiger partial charge in [0.2, 0.25) is 0 Å². The third-order valence-corrected chi connectivity index (χ3v) is 5.74. The van der Waals surface area contributed by atoms with E-state index in [-0.39, 0.29) is 18.5 Å². The van der Waals surface area contributed by atoms with Crippen molar-refractivity contribution < 1.29 is 22.8 Å². The predicted octanol–water partition coefficient (Wildman–Crippen LogP) is 4.85. The zero-order valence-corrected chi connectivity index (χ0v) is 18.8. The molecule has 4 heterocycles. The molecular weight excluding hydrogens is 434 g/mol. The van der Waals surface area contributed by atoms with E-state index in [1.807, 2.05) is 65.6 Å². The van der Waals surface area contributed by atoms with Crippen molar-refractivity contribution >= 4 is 11.6 Å². The number of carbonyl (C=O) groups is 1. The number of benzene rings is 1. The zero-order valence-electron chi connectivity index (χ0n) is 18.8.